The Morgan fingerprint density at radius 3 is 2.19 bits per heavy atom. The van der Waals surface area contributed by atoms with Crippen LogP contribution in [0.25, 0.3) is 0 Å². The van der Waals surface area contributed by atoms with E-state index in [0.717, 1.165) is 0 Å². The number of hydrogen-bond acceptors (Lipinski definition) is 2. The van der Waals surface area contributed by atoms with Crippen LogP contribution in [0.15, 0.2) is 36.4 Å². The molecular weight excluding hydrogens is 309 g/mol. The van der Waals surface area contributed by atoms with Crippen molar-refractivity contribution in [3.63, 3.8) is 0 Å². The van der Waals surface area contributed by atoms with Gasteiger partial charge in [-0.15, -0.1) is 11.6 Å². The summed E-state index contributed by atoms with van der Waals surface area (Å²) in [4.78, 5) is 0. The van der Waals surface area contributed by atoms with Gasteiger partial charge in [-0.3, -0.25) is 0 Å². The minimum atomic E-state index is -1.11. The van der Waals surface area contributed by atoms with Gasteiger partial charge in [-0.25, -0.2) is 4.39 Å². The van der Waals surface area contributed by atoms with E-state index in [2.05, 4.69) is 6.07 Å². The molecule has 3 rings (SSSR count). The van der Waals surface area contributed by atoms with E-state index in [1.165, 1.54) is 12.1 Å². The fourth-order valence-corrected chi connectivity index (χ4v) is 2.48. The molecule has 0 radical (unpaired) electrons. The van der Waals surface area contributed by atoms with Crippen molar-refractivity contribution in [2.24, 2.45) is 0 Å². The van der Waals surface area contributed by atoms with Gasteiger partial charge in [0.05, 0.1) is 13.2 Å². The molecule has 1 heterocycles. The van der Waals surface area contributed by atoms with E-state index < -0.39 is 5.79 Å². The number of rotatable bonds is 2. The molecule has 2 aromatic rings. The summed E-state index contributed by atoms with van der Waals surface area (Å²) in [6.07, 6.45) is 0. The number of halogens is 3. The van der Waals surface area contributed by atoms with Gasteiger partial charge in [0.25, 0.3) is 0 Å². The van der Waals surface area contributed by atoms with Crippen molar-refractivity contribution >= 4 is 23.2 Å². The van der Waals surface area contributed by atoms with Crippen molar-refractivity contribution < 1.29 is 32.7 Å². The molecular formula is C15H10Cl2FLiO2. The Hall–Kier alpha value is -0.533. The van der Waals surface area contributed by atoms with E-state index in [4.69, 9.17) is 32.7 Å². The quantitative estimate of drug-likeness (QED) is 0.611. The first-order valence-corrected chi connectivity index (χ1v) is 6.79. The summed E-state index contributed by atoms with van der Waals surface area (Å²) in [7, 11) is 0. The Morgan fingerprint density at radius 2 is 1.62 bits per heavy atom. The van der Waals surface area contributed by atoms with Crippen LogP contribution >= 0.6 is 23.2 Å². The fraction of sp³-hybridized carbons (Fsp3) is 0.200. The average molecular weight is 319 g/mol. The maximum absolute atomic E-state index is 13.1. The van der Waals surface area contributed by atoms with Crippen LogP contribution in [0.3, 0.4) is 0 Å². The summed E-state index contributed by atoms with van der Waals surface area (Å²) < 4.78 is 24.6. The van der Waals surface area contributed by atoms with Crippen LogP contribution in [0, 0.1) is 11.9 Å². The Kier molecular flexibility index (Phi) is 5.37. The van der Waals surface area contributed by atoms with Crippen LogP contribution in [0.4, 0.5) is 4.39 Å². The molecule has 21 heavy (non-hydrogen) atoms. The molecule has 0 amide bonds. The zero-order chi connectivity index (χ0) is 14.2. The van der Waals surface area contributed by atoms with Crippen molar-refractivity contribution in [2.45, 2.75) is 5.79 Å². The maximum atomic E-state index is 13.1. The van der Waals surface area contributed by atoms with Crippen molar-refractivity contribution in [2.75, 3.05) is 13.2 Å². The molecule has 0 aliphatic carbocycles. The molecule has 1 aliphatic rings. The molecule has 0 aromatic heterocycles. The molecule has 0 bridgehead atoms. The third kappa shape index (κ3) is 3.14. The van der Waals surface area contributed by atoms with Gasteiger partial charge >= 0.3 is 18.9 Å². The second kappa shape index (κ2) is 6.70. The van der Waals surface area contributed by atoms with Gasteiger partial charge < -0.3 is 9.47 Å². The molecule has 0 unspecified atom stereocenters. The first-order chi connectivity index (χ1) is 9.62. The van der Waals surface area contributed by atoms with E-state index >= 15 is 0 Å². The van der Waals surface area contributed by atoms with Crippen LogP contribution in [0.2, 0.25) is 10.0 Å². The van der Waals surface area contributed by atoms with Crippen molar-refractivity contribution in [3.05, 3.63) is 69.5 Å². The first kappa shape index (κ1) is 16.8. The first-order valence-electron chi connectivity index (χ1n) is 6.03. The fourth-order valence-electron chi connectivity index (χ4n) is 2.20. The molecule has 104 valence electrons. The van der Waals surface area contributed by atoms with E-state index in [1.807, 2.05) is 0 Å². The van der Waals surface area contributed by atoms with Crippen LogP contribution in [-0.2, 0) is 15.3 Å². The summed E-state index contributed by atoms with van der Waals surface area (Å²) in [6, 6.07) is 12.3. The molecule has 1 aliphatic heterocycles. The third-order valence-electron chi connectivity index (χ3n) is 3.12. The van der Waals surface area contributed by atoms with Crippen LogP contribution in [0.5, 0.6) is 0 Å². The van der Waals surface area contributed by atoms with E-state index in [0.29, 0.717) is 34.4 Å². The maximum Gasteiger partial charge on any atom is 1.00 e. The van der Waals surface area contributed by atoms with Crippen molar-refractivity contribution in [3.8, 4) is 0 Å². The number of hydrogen-bond donors (Lipinski definition) is 0. The standard InChI is InChI=1S/C15H10Cl2FO2.Li/c16-13-6-3-11(9-14(13)17)15(19-7-8-20-15)10-1-4-12(18)5-2-10;/h1-6H,7-8H2;/q-1;+1. The number of benzene rings is 2. The molecule has 2 aromatic carbocycles. The van der Waals surface area contributed by atoms with Gasteiger partial charge in [-0.05, 0) is 12.1 Å². The van der Waals surface area contributed by atoms with Crippen molar-refractivity contribution in [1.82, 2.24) is 0 Å². The van der Waals surface area contributed by atoms with Crippen LogP contribution in [0.1, 0.15) is 11.1 Å². The molecule has 0 N–H and O–H groups in total. The van der Waals surface area contributed by atoms with Crippen molar-refractivity contribution in [1.29, 1.82) is 0 Å². The Balaban J connectivity index is 0.00000161. The van der Waals surface area contributed by atoms with Gasteiger partial charge in [0, 0.05) is 5.56 Å². The minimum Gasteiger partial charge on any atom is -0.341 e. The van der Waals surface area contributed by atoms with Gasteiger partial charge in [-0.1, -0.05) is 27.7 Å². The van der Waals surface area contributed by atoms with Gasteiger partial charge in [0.2, 0.25) is 0 Å². The molecule has 1 fully saturated rings. The van der Waals surface area contributed by atoms with Gasteiger partial charge in [-0.2, -0.15) is 29.8 Å². The average Bonchev–Trinajstić information content (AvgIpc) is 2.93. The zero-order valence-corrected chi connectivity index (χ0v) is 12.8. The van der Waals surface area contributed by atoms with Crippen LogP contribution < -0.4 is 18.9 Å². The monoisotopic (exact) mass is 318 g/mol. The summed E-state index contributed by atoms with van der Waals surface area (Å²) in [6.45, 7) is 0.872. The second-order valence-corrected chi connectivity index (χ2v) is 5.14. The summed E-state index contributed by atoms with van der Waals surface area (Å²) in [5.41, 5.74) is 1.29. The molecule has 0 atom stereocenters. The number of ether oxygens (including phenoxy) is 2. The molecule has 0 saturated carbocycles. The Morgan fingerprint density at radius 1 is 1.00 bits per heavy atom. The van der Waals surface area contributed by atoms with Gasteiger partial charge in [0.15, 0.2) is 5.79 Å². The summed E-state index contributed by atoms with van der Waals surface area (Å²) in [5, 5.41) is 0.701. The normalized spacial score (nSPS) is 16.5. The van der Waals surface area contributed by atoms with E-state index in [9.17, 15) is 4.39 Å². The Labute approximate surface area is 144 Å². The SMILES string of the molecule is Fc1ccc(C2(c3[c-]c(Cl)c(Cl)cc3)OCCO2)cc1.[Li+]. The molecule has 1 saturated heterocycles. The summed E-state index contributed by atoms with van der Waals surface area (Å²) >= 11 is 11.9. The smallest absolute Gasteiger partial charge is 0.341 e. The predicted molar refractivity (Wildman–Crippen MR) is 74.4 cm³/mol. The van der Waals surface area contributed by atoms with E-state index in [-0.39, 0.29) is 24.7 Å². The zero-order valence-electron chi connectivity index (χ0n) is 11.3. The topological polar surface area (TPSA) is 18.5 Å². The summed E-state index contributed by atoms with van der Waals surface area (Å²) in [5.74, 6) is -1.43. The molecule has 6 heteroatoms. The Bertz CT molecular complexity index is 628. The van der Waals surface area contributed by atoms with Crippen LogP contribution in [-0.4, -0.2) is 13.2 Å². The van der Waals surface area contributed by atoms with E-state index in [1.54, 1.807) is 24.3 Å². The second-order valence-electron chi connectivity index (χ2n) is 4.35. The largest absolute Gasteiger partial charge is 1.00 e. The van der Waals surface area contributed by atoms with Gasteiger partial charge in [0.1, 0.15) is 5.82 Å². The third-order valence-corrected chi connectivity index (χ3v) is 3.83. The predicted octanol–water partition coefficient (Wildman–Crippen LogP) is 1.18. The minimum absolute atomic E-state index is 0. The molecule has 0 spiro atoms. The molecule has 2 nitrogen and oxygen atoms in total.